The molecule has 1 aliphatic rings. The average Bonchev–Trinajstić information content (AvgIpc) is 3.02. The first-order valence-electron chi connectivity index (χ1n) is 8.53. The zero-order valence-electron chi connectivity index (χ0n) is 13.7. The van der Waals surface area contributed by atoms with Crippen molar-refractivity contribution in [2.75, 3.05) is 10.6 Å². The molecular formula is C20H24N2S. The molecule has 0 saturated heterocycles. The number of aryl methyl sites for hydroxylation is 3. The van der Waals surface area contributed by atoms with E-state index < -0.39 is 0 Å². The van der Waals surface area contributed by atoms with Crippen molar-refractivity contribution in [1.82, 2.24) is 0 Å². The molecule has 3 heteroatoms. The van der Waals surface area contributed by atoms with Crippen LogP contribution in [0, 0.1) is 0 Å². The van der Waals surface area contributed by atoms with Crippen LogP contribution in [0.25, 0.3) is 0 Å². The monoisotopic (exact) mass is 324 g/mol. The molecule has 0 bridgehead atoms. The number of hydrogen-bond donors (Lipinski definition) is 2. The lowest BCUT2D eigenvalue weighted by atomic mass is 10.1. The molecule has 2 nitrogen and oxygen atoms in total. The summed E-state index contributed by atoms with van der Waals surface area (Å²) in [6.07, 6.45) is 7.28. The van der Waals surface area contributed by atoms with E-state index in [0.29, 0.717) is 5.11 Å². The minimum atomic E-state index is 0.643. The summed E-state index contributed by atoms with van der Waals surface area (Å²) in [5.74, 6) is 0. The number of thiocarbonyl (C=S) groups is 1. The Morgan fingerprint density at radius 1 is 0.957 bits per heavy atom. The highest BCUT2D eigenvalue weighted by molar-refractivity contribution is 7.80. The van der Waals surface area contributed by atoms with Crippen molar-refractivity contribution in [2.24, 2.45) is 0 Å². The van der Waals surface area contributed by atoms with Crippen LogP contribution >= 0.6 is 12.2 Å². The number of unbranched alkanes of at least 4 members (excludes halogenated alkanes) is 1. The van der Waals surface area contributed by atoms with Gasteiger partial charge in [0.15, 0.2) is 5.11 Å². The molecular weight excluding hydrogens is 300 g/mol. The van der Waals surface area contributed by atoms with E-state index >= 15 is 0 Å². The van der Waals surface area contributed by atoms with Crippen LogP contribution in [0.4, 0.5) is 11.4 Å². The Hall–Kier alpha value is -1.87. The van der Waals surface area contributed by atoms with E-state index in [-0.39, 0.29) is 0 Å². The van der Waals surface area contributed by atoms with Gasteiger partial charge in [0, 0.05) is 11.4 Å². The summed E-state index contributed by atoms with van der Waals surface area (Å²) >= 11 is 5.43. The van der Waals surface area contributed by atoms with Gasteiger partial charge in [-0.15, -0.1) is 0 Å². The van der Waals surface area contributed by atoms with Gasteiger partial charge in [-0.3, -0.25) is 0 Å². The van der Waals surface area contributed by atoms with E-state index in [9.17, 15) is 0 Å². The zero-order chi connectivity index (χ0) is 16.1. The van der Waals surface area contributed by atoms with Gasteiger partial charge in [0.2, 0.25) is 0 Å². The predicted molar refractivity (Wildman–Crippen MR) is 103 cm³/mol. The fourth-order valence-electron chi connectivity index (χ4n) is 3.08. The van der Waals surface area contributed by atoms with Gasteiger partial charge in [0.1, 0.15) is 0 Å². The molecule has 0 saturated carbocycles. The Balaban J connectivity index is 1.56. The number of benzene rings is 2. The number of rotatable bonds is 5. The Bertz CT molecular complexity index is 677. The van der Waals surface area contributed by atoms with Crippen LogP contribution in [0.2, 0.25) is 0 Å². The highest BCUT2D eigenvalue weighted by Gasteiger charge is 2.11. The molecule has 0 aromatic heterocycles. The molecule has 0 amide bonds. The van der Waals surface area contributed by atoms with E-state index in [0.717, 1.165) is 17.8 Å². The van der Waals surface area contributed by atoms with Gasteiger partial charge in [0.25, 0.3) is 0 Å². The molecule has 2 N–H and O–H groups in total. The largest absolute Gasteiger partial charge is 0.332 e. The van der Waals surface area contributed by atoms with E-state index in [2.05, 4.69) is 60.0 Å². The van der Waals surface area contributed by atoms with Gasteiger partial charge in [-0.05, 0) is 85.3 Å². The van der Waals surface area contributed by atoms with E-state index in [1.807, 2.05) is 0 Å². The lowest BCUT2D eigenvalue weighted by Gasteiger charge is -2.12. The third kappa shape index (κ3) is 4.32. The Morgan fingerprint density at radius 3 is 2.43 bits per heavy atom. The van der Waals surface area contributed by atoms with Crippen molar-refractivity contribution in [3.8, 4) is 0 Å². The predicted octanol–water partition coefficient (Wildman–Crippen LogP) is 5.33. The fraction of sp³-hybridized carbons (Fsp3) is 0.350. The lowest BCUT2D eigenvalue weighted by Crippen LogP contribution is -2.19. The van der Waals surface area contributed by atoms with Gasteiger partial charge < -0.3 is 10.6 Å². The van der Waals surface area contributed by atoms with Gasteiger partial charge >= 0.3 is 0 Å². The highest BCUT2D eigenvalue weighted by Crippen LogP contribution is 2.25. The topological polar surface area (TPSA) is 24.1 Å². The molecule has 120 valence electrons. The van der Waals surface area contributed by atoms with E-state index in [1.54, 1.807) is 0 Å². The maximum absolute atomic E-state index is 5.43. The molecule has 2 aromatic rings. The second-order valence-corrected chi connectivity index (χ2v) is 6.62. The summed E-state index contributed by atoms with van der Waals surface area (Å²) < 4.78 is 0. The Morgan fingerprint density at radius 2 is 1.65 bits per heavy atom. The maximum atomic E-state index is 5.43. The van der Waals surface area contributed by atoms with Gasteiger partial charge in [-0.2, -0.15) is 0 Å². The average molecular weight is 324 g/mol. The second-order valence-electron chi connectivity index (χ2n) is 6.22. The van der Waals surface area contributed by atoms with E-state index in [1.165, 1.54) is 48.8 Å². The van der Waals surface area contributed by atoms with Crippen LogP contribution in [-0.4, -0.2) is 5.11 Å². The van der Waals surface area contributed by atoms with Crippen molar-refractivity contribution in [3.63, 3.8) is 0 Å². The lowest BCUT2D eigenvalue weighted by molar-refractivity contribution is 0.795. The molecule has 1 aliphatic carbocycles. The minimum absolute atomic E-state index is 0.643. The normalized spacial score (nSPS) is 12.7. The molecule has 0 aliphatic heterocycles. The fourth-order valence-corrected chi connectivity index (χ4v) is 3.31. The SMILES string of the molecule is CCCCc1ccc(NC(=S)Nc2ccc3c(c2)CCC3)cc1. The maximum Gasteiger partial charge on any atom is 0.175 e. The molecule has 2 aromatic carbocycles. The molecule has 0 unspecified atom stereocenters. The van der Waals surface area contributed by atoms with E-state index in [4.69, 9.17) is 12.2 Å². The summed E-state index contributed by atoms with van der Waals surface area (Å²) in [4.78, 5) is 0. The van der Waals surface area contributed by atoms with Crippen molar-refractivity contribution < 1.29 is 0 Å². The smallest absolute Gasteiger partial charge is 0.175 e. The summed E-state index contributed by atoms with van der Waals surface area (Å²) in [5, 5.41) is 7.19. The number of nitrogens with one attached hydrogen (secondary N) is 2. The minimum Gasteiger partial charge on any atom is -0.332 e. The molecule has 3 rings (SSSR count). The molecule has 0 radical (unpaired) electrons. The molecule has 0 fully saturated rings. The third-order valence-corrected chi connectivity index (χ3v) is 4.59. The van der Waals surface area contributed by atoms with Gasteiger partial charge in [-0.25, -0.2) is 0 Å². The number of hydrogen-bond acceptors (Lipinski definition) is 1. The van der Waals surface area contributed by atoms with Crippen LogP contribution in [0.1, 0.15) is 42.9 Å². The highest BCUT2D eigenvalue weighted by atomic mass is 32.1. The Labute approximate surface area is 144 Å². The number of anilines is 2. The first-order chi connectivity index (χ1) is 11.2. The van der Waals surface area contributed by atoms with Crippen LogP contribution < -0.4 is 10.6 Å². The first-order valence-corrected chi connectivity index (χ1v) is 8.94. The summed E-state index contributed by atoms with van der Waals surface area (Å²) in [6, 6.07) is 15.1. The number of fused-ring (bicyclic) bond motifs is 1. The van der Waals surface area contributed by atoms with Crippen molar-refractivity contribution >= 4 is 28.7 Å². The molecule has 23 heavy (non-hydrogen) atoms. The van der Waals surface area contributed by atoms with Gasteiger partial charge in [0.05, 0.1) is 0 Å². The van der Waals surface area contributed by atoms with Crippen molar-refractivity contribution in [2.45, 2.75) is 45.4 Å². The van der Waals surface area contributed by atoms with Crippen LogP contribution in [-0.2, 0) is 19.3 Å². The summed E-state index contributed by atoms with van der Waals surface area (Å²) in [6.45, 7) is 2.22. The van der Waals surface area contributed by atoms with Crippen LogP contribution in [0.15, 0.2) is 42.5 Å². The van der Waals surface area contributed by atoms with Crippen molar-refractivity contribution in [3.05, 3.63) is 59.2 Å². The standard InChI is InChI=1S/C20H24N2S/c1-2-3-5-15-8-11-18(12-9-15)21-20(23)22-19-13-10-16-6-4-7-17(16)14-19/h8-14H,2-7H2,1H3,(H2,21,22,23). The third-order valence-electron chi connectivity index (χ3n) is 4.39. The second kappa shape index (κ2) is 7.60. The van der Waals surface area contributed by atoms with Crippen LogP contribution in [0.3, 0.4) is 0 Å². The van der Waals surface area contributed by atoms with Crippen LogP contribution in [0.5, 0.6) is 0 Å². The Kier molecular flexibility index (Phi) is 5.29. The molecule has 0 heterocycles. The summed E-state index contributed by atoms with van der Waals surface area (Å²) in [7, 11) is 0. The summed E-state index contributed by atoms with van der Waals surface area (Å²) in [5.41, 5.74) is 6.43. The van der Waals surface area contributed by atoms with Gasteiger partial charge in [-0.1, -0.05) is 31.5 Å². The first kappa shape index (κ1) is 16.0. The quantitative estimate of drug-likeness (QED) is 0.727. The molecule has 0 spiro atoms. The zero-order valence-corrected chi connectivity index (χ0v) is 14.5. The van der Waals surface area contributed by atoms with Crippen molar-refractivity contribution in [1.29, 1.82) is 0 Å². The molecule has 0 atom stereocenters.